The molecule has 7 nitrogen and oxygen atoms in total. The highest BCUT2D eigenvalue weighted by Crippen LogP contribution is 2.20. The highest BCUT2D eigenvalue weighted by atomic mass is 32.2. The smallest absolute Gasteiger partial charge is 0.272 e. The van der Waals surface area contributed by atoms with Crippen molar-refractivity contribution in [2.24, 2.45) is 0 Å². The molecule has 0 aliphatic heterocycles. The van der Waals surface area contributed by atoms with E-state index < -0.39 is 9.84 Å². The van der Waals surface area contributed by atoms with Crippen molar-refractivity contribution in [3.05, 3.63) is 59.7 Å². The van der Waals surface area contributed by atoms with Gasteiger partial charge in [-0.25, -0.2) is 13.1 Å². The van der Waals surface area contributed by atoms with Gasteiger partial charge in [0.15, 0.2) is 0 Å². The number of aromatic nitrogens is 4. The second-order valence-corrected chi connectivity index (χ2v) is 7.13. The molecule has 1 aromatic heterocycles. The molecule has 0 aliphatic rings. The number of hydrogen-bond donors (Lipinski definition) is 0. The van der Waals surface area contributed by atoms with Gasteiger partial charge in [-0.15, -0.1) is 0 Å². The Bertz CT molecular complexity index is 932. The summed E-state index contributed by atoms with van der Waals surface area (Å²) in [4.78, 5) is 0.166. The molecule has 8 heteroatoms. The first-order chi connectivity index (χ1) is 11.5. The third-order valence-electron chi connectivity index (χ3n) is 3.56. The molecule has 0 bridgehead atoms. The Hall–Kier alpha value is -2.74. The molecule has 0 spiro atoms. The van der Waals surface area contributed by atoms with E-state index >= 15 is 0 Å². The number of ether oxygens (including phenoxy) is 1. The molecule has 0 aliphatic carbocycles. The van der Waals surface area contributed by atoms with Crippen molar-refractivity contribution < 1.29 is 13.2 Å². The van der Waals surface area contributed by atoms with Crippen LogP contribution in [0.15, 0.2) is 58.6 Å². The molecule has 3 rings (SSSR count). The van der Waals surface area contributed by atoms with Crippen molar-refractivity contribution in [3.63, 3.8) is 0 Å². The minimum absolute atomic E-state index is 0.166. The summed E-state index contributed by atoms with van der Waals surface area (Å²) >= 11 is 0. The second-order valence-electron chi connectivity index (χ2n) is 5.28. The molecule has 0 unspecified atom stereocenters. The lowest BCUT2D eigenvalue weighted by Gasteiger charge is -2.07. The number of methoxy groups -OCH3 is 1. The van der Waals surface area contributed by atoms with Gasteiger partial charge in [0.2, 0.25) is 9.84 Å². The lowest BCUT2D eigenvalue weighted by molar-refractivity contribution is 0.414. The summed E-state index contributed by atoms with van der Waals surface area (Å²) in [6.07, 6.45) is 0. The fourth-order valence-corrected chi connectivity index (χ4v) is 3.44. The van der Waals surface area contributed by atoms with Gasteiger partial charge in [0, 0.05) is 0 Å². The van der Waals surface area contributed by atoms with Gasteiger partial charge in [-0.2, -0.15) is 0 Å². The number of hydrogen-bond acceptors (Lipinski definition) is 6. The minimum Gasteiger partial charge on any atom is -0.497 e. The maximum atomic E-state index is 12.7. The average Bonchev–Trinajstić information content (AvgIpc) is 3.05. The Morgan fingerprint density at radius 1 is 1.04 bits per heavy atom. The zero-order chi connectivity index (χ0) is 17.2. The predicted octanol–water partition coefficient (Wildman–Crippen LogP) is 1.87. The van der Waals surface area contributed by atoms with Gasteiger partial charge >= 0.3 is 0 Å². The molecule has 0 N–H and O–H groups in total. The number of aryl methyl sites for hydroxylation is 1. The van der Waals surface area contributed by atoms with Gasteiger partial charge in [-0.3, -0.25) is 0 Å². The molecule has 2 aromatic carbocycles. The average molecular weight is 344 g/mol. The molecule has 0 atom stereocenters. The largest absolute Gasteiger partial charge is 0.497 e. The zero-order valence-corrected chi connectivity index (χ0v) is 14.1. The fraction of sp³-hybridized carbons (Fsp3) is 0.188. The molecule has 0 amide bonds. The topological polar surface area (TPSA) is 87.0 Å². The Kier molecular flexibility index (Phi) is 4.30. The molecule has 0 saturated carbocycles. The molecule has 124 valence electrons. The van der Waals surface area contributed by atoms with Crippen molar-refractivity contribution in [2.45, 2.75) is 23.5 Å². The first-order valence-electron chi connectivity index (χ1n) is 7.21. The number of tetrazole rings is 1. The highest BCUT2D eigenvalue weighted by molar-refractivity contribution is 7.91. The first kappa shape index (κ1) is 16.1. The third-order valence-corrected chi connectivity index (χ3v) is 5.23. The summed E-state index contributed by atoms with van der Waals surface area (Å²) in [6.45, 7) is 2.14. The van der Waals surface area contributed by atoms with E-state index in [0.29, 0.717) is 0 Å². The number of nitrogens with zero attached hydrogens (tertiary/aromatic N) is 4. The molecular weight excluding hydrogens is 328 g/mol. The van der Waals surface area contributed by atoms with Crippen LogP contribution in [-0.2, 0) is 16.4 Å². The maximum absolute atomic E-state index is 12.7. The summed E-state index contributed by atoms with van der Waals surface area (Å²) in [5.74, 6) is 0.725. The van der Waals surface area contributed by atoms with Crippen LogP contribution >= 0.6 is 0 Å². The van der Waals surface area contributed by atoms with Crippen LogP contribution in [0.5, 0.6) is 5.75 Å². The van der Waals surface area contributed by atoms with Gasteiger partial charge in [0.1, 0.15) is 5.75 Å². The van der Waals surface area contributed by atoms with Crippen molar-refractivity contribution in [3.8, 4) is 5.75 Å². The first-order valence-corrected chi connectivity index (χ1v) is 8.70. The van der Waals surface area contributed by atoms with Crippen LogP contribution in [0, 0.1) is 6.92 Å². The number of rotatable bonds is 5. The van der Waals surface area contributed by atoms with E-state index in [1.165, 1.54) is 4.68 Å². The van der Waals surface area contributed by atoms with Crippen molar-refractivity contribution in [1.29, 1.82) is 0 Å². The third kappa shape index (κ3) is 3.13. The van der Waals surface area contributed by atoms with E-state index in [9.17, 15) is 8.42 Å². The summed E-state index contributed by atoms with van der Waals surface area (Å²) in [5.41, 5.74) is 1.84. The van der Waals surface area contributed by atoms with Crippen molar-refractivity contribution >= 4 is 9.84 Å². The summed E-state index contributed by atoms with van der Waals surface area (Å²) in [6, 6.07) is 13.9. The number of benzene rings is 2. The Balaban J connectivity index is 1.93. The Morgan fingerprint density at radius 3 is 2.33 bits per heavy atom. The van der Waals surface area contributed by atoms with Gasteiger partial charge in [-0.1, -0.05) is 34.9 Å². The molecule has 0 saturated heterocycles. The quantitative estimate of drug-likeness (QED) is 0.702. The van der Waals surface area contributed by atoms with Gasteiger partial charge in [0.25, 0.3) is 5.16 Å². The normalized spacial score (nSPS) is 11.4. The van der Waals surface area contributed by atoms with Crippen LogP contribution in [0.3, 0.4) is 0 Å². The molecule has 1 heterocycles. The van der Waals surface area contributed by atoms with Crippen LogP contribution in [0.25, 0.3) is 0 Å². The Morgan fingerprint density at radius 2 is 1.71 bits per heavy atom. The fourth-order valence-electron chi connectivity index (χ4n) is 2.21. The summed E-state index contributed by atoms with van der Waals surface area (Å²) in [5, 5.41) is 10.9. The molecule has 3 aromatic rings. The molecule has 0 radical (unpaired) electrons. The zero-order valence-electron chi connectivity index (χ0n) is 13.2. The van der Waals surface area contributed by atoms with Gasteiger partial charge in [0.05, 0.1) is 18.6 Å². The number of sulfone groups is 1. The van der Waals surface area contributed by atoms with E-state index in [1.54, 1.807) is 43.5 Å². The summed E-state index contributed by atoms with van der Waals surface area (Å²) < 4.78 is 31.9. The molecule has 24 heavy (non-hydrogen) atoms. The van der Waals surface area contributed by atoms with Crippen LogP contribution in [0.4, 0.5) is 0 Å². The van der Waals surface area contributed by atoms with Gasteiger partial charge in [-0.05, 0) is 47.2 Å². The molecule has 0 fully saturated rings. The lowest BCUT2D eigenvalue weighted by atomic mass is 10.2. The Labute approximate surface area is 139 Å². The van der Waals surface area contributed by atoms with E-state index in [4.69, 9.17) is 4.74 Å². The van der Waals surface area contributed by atoms with E-state index in [-0.39, 0.29) is 16.6 Å². The standard InChI is InChI=1S/C16H16N4O3S/c1-12-3-9-15(10-4-12)24(21,22)16-17-18-19-20(16)11-13-5-7-14(23-2)8-6-13/h3-10H,11H2,1-2H3. The van der Waals surface area contributed by atoms with Crippen molar-refractivity contribution in [2.75, 3.05) is 7.11 Å². The summed E-state index contributed by atoms with van der Waals surface area (Å²) in [7, 11) is -2.19. The van der Waals surface area contributed by atoms with Crippen LogP contribution in [0.1, 0.15) is 11.1 Å². The predicted molar refractivity (Wildman–Crippen MR) is 86.5 cm³/mol. The van der Waals surface area contributed by atoms with E-state index in [0.717, 1.165) is 16.9 Å². The minimum atomic E-state index is -3.77. The van der Waals surface area contributed by atoms with Crippen molar-refractivity contribution in [1.82, 2.24) is 20.2 Å². The SMILES string of the molecule is COc1ccc(Cn2nnnc2S(=O)(=O)c2ccc(C)cc2)cc1. The van der Waals surface area contributed by atoms with E-state index in [2.05, 4.69) is 15.5 Å². The van der Waals surface area contributed by atoms with Crippen LogP contribution in [0.2, 0.25) is 0 Å². The second kappa shape index (κ2) is 6.40. The van der Waals surface area contributed by atoms with Gasteiger partial charge < -0.3 is 4.74 Å². The van der Waals surface area contributed by atoms with Crippen LogP contribution < -0.4 is 4.74 Å². The maximum Gasteiger partial charge on any atom is 0.272 e. The lowest BCUT2D eigenvalue weighted by Crippen LogP contribution is -2.13. The van der Waals surface area contributed by atoms with Crippen LogP contribution in [-0.4, -0.2) is 35.7 Å². The molecular formula is C16H16N4O3S. The highest BCUT2D eigenvalue weighted by Gasteiger charge is 2.25. The van der Waals surface area contributed by atoms with E-state index in [1.807, 2.05) is 19.1 Å². The monoisotopic (exact) mass is 344 g/mol.